The highest BCUT2D eigenvalue weighted by atomic mass is 32.2. The summed E-state index contributed by atoms with van der Waals surface area (Å²) in [4.78, 5) is 2.39. The summed E-state index contributed by atoms with van der Waals surface area (Å²) in [5.74, 6) is 0. The first-order chi connectivity index (χ1) is 11.4. The van der Waals surface area contributed by atoms with Gasteiger partial charge in [0.2, 0.25) is 10.0 Å². The molecule has 1 aromatic heterocycles. The molecule has 2 aromatic rings. The van der Waals surface area contributed by atoms with E-state index in [9.17, 15) is 8.42 Å². The maximum atomic E-state index is 12.7. The Hall–Kier alpha value is -1.86. The van der Waals surface area contributed by atoms with E-state index in [0.717, 1.165) is 24.1 Å². The molecule has 0 bridgehead atoms. The molecule has 0 radical (unpaired) electrons. The van der Waals surface area contributed by atoms with Crippen molar-refractivity contribution in [2.45, 2.75) is 30.7 Å². The second-order valence-corrected chi connectivity index (χ2v) is 8.46. The fraction of sp³-hybridized carbons (Fsp3) is 0.471. The molecule has 2 heterocycles. The highest BCUT2D eigenvalue weighted by Crippen LogP contribution is 2.27. The lowest BCUT2D eigenvalue weighted by Crippen LogP contribution is -2.39. The molecule has 0 atom stereocenters. The van der Waals surface area contributed by atoms with Crippen molar-refractivity contribution in [1.82, 2.24) is 14.1 Å². The molecule has 0 saturated carbocycles. The Kier molecular flexibility index (Phi) is 4.64. The molecule has 24 heavy (non-hydrogen) atoms. The molecule has 0 aliphatic carbocycles. The molecule has 3 rings (SSSR count). The molecule has 0 amide bonds. The van der Waals surface area contributed by atoms with Crippen LogP contribution in [0.25, 0.3) is 0 Å². The van der Waals surface area contributed by atoms with Gasteiger partial charge in [-0.3, -0.25) is 4.68 Å². The van der Waals surface area contributed by atoms with Crippen molar-refractivity contribution < 1.29 is 8.42 Å². The third kappa shape index (κ3) is 3.32. The Morgan fingerprint density at radius 1 is 1.12 bits per heavy atom. The summed E-state index contributed by atoms with van der Waals surface area (Å²) in [7, 11) is 0.571. The average molecular weight is 348 g/mol. The van der Waals surface area contributed by atoms with E-state index < -0.39 is 10.0 Å². The molecule has 0 N–H and O–H groups in total. The monoisotopic (exact) mass is 348 g/mol. The van der Waals surface area contributed by atoms with E-state index in [-0.39, 0.29) is 6.04 Å². The van der Waals surface area contributed by atoms with E-state index >= 15 is 0 Å². The molecule has 0 unspecified atom stereocenters. The number of aromatic nitrogens is 2. The van der Waals surface area contributed by atoms with Crippen LogP contribution in [0.5, 0.6) is 0 Å². The van der Waals surface area contributed by atoms with Crippen molar-refractivity contribution in [3.05, 3.63) is 42.2 Å². The zero-order valence-electron chi connectivity index (χ0n) is 14.4. The third-order valence-corrected chi connectivity index (χ3v) is 6.47. The lowest BCUT2D eigenvalue weighted by Gasteiger charge is -2.31. The quantitative estimate of drug-likeness (QED) is 0.851. The predicted molar refractivity (Wildman–Crippen MR) is 94.8 cm³/mol. The molecule has 7 heteroatoms. The lowest BCUT2D eigenvalue weighted by atomic mass is 10.1. The number of hydrogen-bond donors (Lipinski definition) is 0. The van der Waals surface area contributed by atoms with Gasteiger partial charge in [0.05, 0.1) is 22.8 Å². The van der Waals surface area contributed by atoms with Gasteiger partial charge in [-0.15, -0.1) is 0 Å². The van der Waals surface area contributed by atoms with Crippen molar-refractivity contribution in [2.24, 2.45) is 0 Å². The largest absolute Gasteiger partial charge is 0.375 e. The van der Waals surface area contributed by atoms with Crippen LogP contribution in [0.4, 0.5) is 5.69 Å². The number of nitrogens with zero attached hydrogens (tertiary/aromatic N) is 4. The van der Waals surface area contributed by atoms with E-state index in [2.05, 4.69) is 5.10 Å². The van der Waals surface area contributed by atoms with Gasteiger partial charge in [-0.2, -0.15) is 9.40 Å². The van der Waals surface area contributed by atoms with Crippen molar-refractivity contribution in [3.63, 3.8) is 0 Å². The molecule has 1 aliphatic rings. The standard InChI is InChI=1S/C17H24N4O2S/c1-14-4-6-17(7-5-14)24(22,23)20-10-8-15(9-11-20)21-13-16(12-18-21)19(2)3/h4-7,12-13,15H,8-11H2,1-3H3. The van der Waals surface area contributed by atoms with Crippen LogP contribution in [-0.4, -0.2) is 49.7 Å². The highest BCUT2D eigenvalue weighted by molar-refractivity contribution is 7.89. The number of hydrogen-bond acceptors (Lipinski definition) is 4. The summed E-state index contributed by atoms with van der Waals surface area (Å²) in [5.41, 5.74) is 2.12. The van der Waals surface area contributed by atoms with Crippen LogP contribution in [0, 0.1) is 6.92 Å². The van der Waals surface area contributed by atoms with Crippen molar-refractivity contribution in [3.8, 4) is 0 Å². The second kappa shape index (κ2) is 6.57. The van der Waals surface area contributed by atoms with Gasteiger partial charge >= 0.3 is 0 Å². The summed E-state index contributed by atoms with van der Waals surface area (Å²) in [5, 5.41) is 4.42. The number of piperidine rings is 1. The summed E-state index contributed by atoms with van der Waals surface area (Å²) < 4.78 is 29.0. The van der Waals surface area contributed by atoms with Crippen LogP contribution < -0.4 is 4.90 Å². The lowest BCUT2D eigenvalue weighted by molar-refractivity contribution is 0.261. The smallest absolute Gasteiger partial charge is 0.243 e. The van der Waals surface area contributed by atoms with Gasteiger partial charge in [0.1, 0.15) is 0 Å². The minimum atomic E-state index is -3.40. The van der Waals surface area contributed by atoms with Gasteiger partial charge in [0, 0.05) is 33.4 Å². The molecule has 130 valence electrons. The summed E-state index contributed by atoms with van der Waals surface area (Å²) in [6, 6.07) is 7.31. The van der Waals surface area contributed by atoms with E-state index in [0.29, 0.717) is 18.0 Å². The molecule has 6 nitrogen and oxygen atoms in total. The topological polar surface area (TPSA) is 58.4 Å². The van der Waals surface area contributed by atoms with Gasteiger partial charge in [0.15, 0.2) is 0 Å². The zero-order chi connectivity index (χ0) is 17.3. The Morgan fingerprint density at radius 2 is 1.75 bits per heavy atom. The molecular weight excluding hydrogens is 324 g/mol. The van der Waals surface area contributed by atoms with Gasteiger partial charge in [-0.1, -0.05) is 17.7 Å². The first kappa shape index (κ1) is 17.0. The van der Waals surface area contributed by atoms with Crippen molar-refractivity contribution in [2.75, 3.05) is 32.1 Å². The van der Waals surface area contributed by atoms with Gasteiger partial charge in [-0.05, 0) is 31.9 Å². The first-order valence-corrected chi connectivity index (χ1v) is 9.60. The maximum absolute atomic E-state index is 12.7. The normalized spacial score (nSPS) is 17.1. The number of rotatable bonds is 4. The molecule has 0 spiro atoms. The van der Waals surface area contributed by atoms with Crippen LogP contribution in [0.3, 0.4) is 0 Å². The maximum Gasteiger partial charge on any atom is 0.243 e. The van der Waals surface area contributed by atoms with E-state index in [1.54, 1.807) is 16.4 Å². The van der Waals surface area contributed by atoms with Gasteiger partial charge in [0.25, 0.3) is 0 Å². The number of anilines is 1. The summed E-state index contributed by atoms with van der Waals surface area (Å²) in [6.07, 6.45) is 5.42. The van der Waals surface area contributed by atoms with Crippen LogP contribution >= 0.6 is 0 Å². The molecule has 1 aromatic carbocycles. The van der Waals surface area contributed by atoms with Crippen LogP contribution in [0.15, 0.2) is 41.6 Å². The van der Waals surface area contributed by atoms with Crippen LogP contribution in [-0.2, 0) is 10.0 Å². The van der Waals surface area contributed by atoms with Crippen molar-refractivity contribution in [1.29, 1.82) is 0 Å². The van der Waals surface area contributed by atoms with E-state index in [4.69, 9.17) is 0 Å². The van der Waals surface area contributed by atoms with Crippen LogP contribution in [0.1, 0.15) is 24.4 Å². The molecule has 1 aliphatic heterocycles. The minimum absolute atomic E-state index is 0.253. The Balaban J connectivity index is 1.68. The Morgan fingerprint density at radius 3 is 2.29 bits per heavy atom. The number of aryl methyl sites for hydroxylation is 1. The SMILES string of the molecule is Cc1ccc(S(=O)(=O)N2CCC(n3cc(N(C)C)cn3)CC2)cc1. The first-order valence-electron chi connectivity index (χ1n) is 8.16. The number of benzene rings is 1. The molecule has 1 fully saturated rings. The van der Waals surface area contributed by atoms with Gasteiger partial charge in [-0.25, -0.2) is 8.42 Å². The number of sulfonamides is 1. The zero-order valence-corrected chi connectivity index (χ0v) is 15.2. The Labute approximate surface area is 143 Å². The fourth-order valence-corrected chi connectivity index (χ4v) is 4.43. The second-order valence-electron chi connectivity index (χ2n) is 6.52. The fourth-order valence-electron chi connectivity index (χ4n) is 2.97. The van der Waals surface area contributed by atoms with Crippen LogP contribution in [0.2, 0.25) is 0 Å². The minimum Gasteiger partial charge on any atom is -0.375 e. The van der Waals surface area contributed by atoms with Gasteiger partial charge < -0.3 is 4.90 Å². The summed E-state index contributed by atoms with van der Waals surface area (Å²) in [6.45, 7) is 3.00. The molecular formula is C17H24N4O2S. The predicted octanol–water partition coefficient (Wildman–Crippen LogP) is 2.28. The van der Waals surface area contributed by atoms with E-state index in [1.807, 2.05) is 55.1 Å². The third-order valence-electron chi connectivity index (χ3n) is 4.56. The van der Waals surface area contributed by atoms with Crippen molar-refractivity contribution >= 4 is 15.7 Å². The Bertz CT molecular complexity index is 788. The average Bonchev–Trinajstić information content (AvgIpc) is 3.06. The molecule has 1 saturated heterocycles. The summed E-state index contributed by atoms with van der Waals surface area (Å²) >= 11 is 0. The highest BCUT2D eigenvalue weighted by Gasteiger charge is 2.30. The van der Waals surface area contributed by atoms with E-state index in [1.165, 1.54) is 0 Å².